The fourth-order valence-electron chi connectivity index (χ4n) is 2.78. The van der Waals surface area contributed by atoms with E-state index in [1.54, 1.807) is 12.4 Å². The molecule has 3 heteroatoms. The van der Waals surface area contributed by atoms with Crippen molar-refractivity contribution in [3.63, 3.8) is 0 Å². The van der Waals surface area contributed by atoms with Gasteiger partial charge in [0.05, 0.1) is 11.0 Å². The lowest BCUT2D eigenvalue weighted by Gasteiger charge is -2.19. The molecular weight excluding hydrogens is 222 g/mol. The van der Waals surface area contributed by atoms with E-state index in [1.807, 2.05) is 0 Å². The first-order valence-corrected chi connectivity index (χ1v) is 6.87. The van der Waals surface area contributed by atoms with E-state index in [0.717, 1.165) is 22.9 Å². The van der Waals surface area contributed by atoms with E-state index < -0.39 is 0 Å². The Hall–Kier alpha value is -1.64. The maximum Gasteiger partial charge on any atom is 0.0907 e. The molecule has 2 saturated carbocycles. The van der Waals surface area contributed by atoms with Gasteiger partial charge in [0.15, 0.2) is 0 Å². The second-order valence-corrected chi connectivity index (χ2v) is 5.60. The summed E-state index contributed by atoms with van der Waals surface area (Å²) in [6.07, 6.45) is 9.12. The predicted molar refractivity (Wildman–Crippen MR) is 72.4 cm³/mol. The summed E-state index contributed by atoms with van der Waals surface area (Å²) >= 11 is 0. The van der Waals surface area contributed by atoms with Crippen molar-refractivity contribution in [2.24, 2.45) is 11.8 Å². The lowest BCUT2D eigenvalue weighted by molar-refractivity contribution is 0.568. The monoisotopic (exact) mass is 239 g/mol. The molecule has 1 aromatic carbocycles. The second-order valence-electron chi connectivity index (χ2n) is 5.60. The number of rotatable bonds is 4. The summed E-state index contributed by atoms with van der Waals surface area (Å²) in [7, 11) is 0. The minimum absolute atomic E-state index is 0.694. The van der Waals surface area contributed by atoms with Gasteiger partial charge in [0.25, 0.3) is 0 Å². The van der Waals surface area contributed by atoms with Crippen molar-refractivity contribution in [2.45, 2.75) is 31.7 Å². The zero-order chi connectivity index (χ0) is 11.9. The first kappa shape index (κ1) is 10.3. The highest BCUT2D eigenvalue weighted by Gasteiger charge is 2.41. The van der Waals surface area contributed by atoms with Gasteiger partial charge in [-0.3, -0.25) is 9.97 Å². The predicted octanol–water partition coefficient (Wildman–Crippen LogP) is 3.23. The number of nitrogens with one attached hydrogen (secondary N) is 1. The zero-order valence-corrected chi connectivity index (χ0v) is 10.3. The molecular formula is C15H17N3. The van der Waals surface area contributed by atoms with Gasteiger partial charge in [0.1, 0.15) is 0 Å². The van der Waals surface area contributed by atoms with Gasteiger partial charge in [-0.15, -0.1) is 0 Å². The molecule has 0 radical (unpaired) electrons. The third-order valence-electron chi connectivity index (χ3n) is 4.06. The highest BCUT2D eigenvalue weighted by Crippen LogP contribution is 2.45. The van der Waals surface area contributed by atoms with Crippen molar-refractivity contribution in [3.8, 4) is 0 Å². The third kappa shape index (κ3) is 1.94. The smallest absolute Gasteiger partial charge is 0.0907 e. The van der Waals surface area contributed by atoms with Gasteiger partial charge in [0, 0.05) is 24.1 Å². The van der Waals surface area contributed by atoms with Gasteiger partial charge in [-0.25, -0.2) is 0 Å². The van der Waals surface area contributed by atoms with Crippen LogP contribution < -0.4 is 5.32 Å². The molecule has 0 bridgehead atoms. The summed E-state index contributed by atoms with van der Waals surface area (Å²) in [4.78, 5) is 8.67. The quantitative estimate of drug-likeness (QED) is 0.890. The summed E-state index contributed by atoms with van der Waals surface area (Å²) in [5.74, 6) is 1.82. The molecule has 0 unspecified atom stereocenters. The topological polar surface area (TPSA) is 37.8 Å². The van der Waals surface area contributed by atoms with Crippen LogP contribution in [0.4, 0.5) is 5.69 Å². The van der Waals surface area contributed by atoms with Gasteiger partial charge >= 0.3 is 0 Å². The summed E-state index contributed by atoms with van der Waals surface area (Å²) in [6.45, 7) is 0. The van der Waals surface area contributed by atoms with E-state index in [0.29, 0.717) is 6.04 Å². The fourth-order valence-corrected chi connectivity index (χ4v) is 2.78. The Kier molecular flexibility index (Phi) is 2.25. The number of hydrogen-bond donors (Lipinski definition) is 1. The Balaban J connectivity index is 1.61. The van der Waals surface area contributed by atoms with E-state index in [1.165, 1.54) is 31.4 Å². The Morgan fingerprint density at radius 2 is 1.61 bits per heavy atom. The van der Waals surface area contributed by atoms with Crippen LogP contribution in [0, 0.1) is 11.8 Å². The number of hydrogen-bond acceptors (Lipinski definition) is 3. The molecule has 0 saturated heterocycles. The molecule has 2 aliphatic carbocycles. The highest BCUT2D eigenvalue weighted by molar-refractivity contribution is 5.78. The molecule has 3 nitrogen and oxygen atoms in total. The van der Waals surface area contributed by atoms with Crippen LogP contribution in [0.2, 0.25) is 0 Å². The summed E-state index contributed by atoms with van der Waals surface area (Å²) < 4.78 is 0. The Morgan fingerprint density at radius 1 is 0.944 bits per heavy atom. The number of benzene rings is 1. The summed E-state index contributed by atoms with van der Waals surface area (Å²) in [6, 6.07) is 7.01. The second kappa shape index (κ2) is 3.94. The lowest BCUT2D eigenvalue weighted by Crippen LogP contribution is -2.24. The standard InChI is InChI=1S/C15H17N3/c1-2-10(1)15(11-3-4-11)18-12-5-6-13-14(9-12)17-8-7-16-13/h5-11,15,18H,1-4H2. The van der Waals surface area contributed by atoms with Crippen LogP contribution in [0.3, 0.4) is 0 Å². The van der Waals surface area contributed by atoms with Crippen molar-refractivity contribution < 1.29 is 0 Å². The van der Waals surface area contributed by atoms with Crippen LogP contribution in [0.15, 0.2) is 30.6 Å². The van der Waals surface area contributed by atoms with Crippen molar-refractivity contribution in [1.29, 1.82) is 0 Å². The Bertz CT molecular complexity index is 561. The van der Waals surface area contributed by atoms with Crippen LogP contribution in [0.25, 0.3) is 11.0 Å². The maximum atomic E-state index is 4.37. The zero-order valence-electron chi connectivity index (χ0n) is 10.3. The van der Waals surface area contributed by atoms with Crippen LogP contribution in [-0.2, 0) is 0 Å². The van der Waals surface area contributed by atoms with Crippen LogP contribution in [0.5, 0.6) is 0 Å². The van der Waals surface area contributed by atoms with E-state index in [-0.39, 0.29) is 0 Å². The molecule has 4 rings (SSSR count). The van der Waals surface area contributed by atoms with Gasteiger partial charge in [-0.2, -0.15) is 0 Å². The molecule has 0 amide bonds. The Labute approximate surface area is 107 Å². The van der Waals surface area contributed by atoms with Crippen molar-refractivity contribution in [1.82, 2.24) is 9.97 Å². The molecule has 0 spiro atoms. The van der Waals surface area contributed by atoms with E-state index in [2.05, 4.69) is 33.5 Å². The highest BCUT2D eigenvalue weighted by atomic mass is 15.0. The average molecular weight is 239 g/mol. The van der Waals surface area contributed by atoms with Gasteiger partial charge in [-0.1, -0.05) is 0 Å². The number of anilines is 1. The molecule has 2 aliphatic rings. The Morgan fingerprint density at radius 3 is 2.28 bits per heavy atom. The number of fused-ring (bicyclic) bond motifs is 1. The van der Waals surface area contributed by atoms with Crippen LogP contribution >= 0.6 is 0 Å². The van der Waals surface area contributed by atoms with Crippen LogP contribution in [-0.4, -0.2) is 16.0 Å². The molecule has 2 aromatic rings. The minimum atomic E-state index is 0.694. The largest absolute Gasteiger partial charge is 0.382 e. The molecule has 18 heavy (non-hydrogen) atoms. The molecule has 1 aromatic heterocycles. The van der Waals surface area contributed by atoms with E-state index >= 15 is 0 Å². The molecule has 2 fully saturated rings. The van der Waals surface area contributed by atoms with Gasteiger partial charge in [0.2, 0.25) is 0 Å². The molecule has 0 aliphatic heterocycles. The average Bonchev–Trinajstić information content (AvgIpc) is 3.29. The third-order valence-corrected chi connectivity index (χ3v) is 4.06. The first-order chi connectivity index (χ1) is 8.90. The van der Waals surface area contributed by atoms with Crippen molar-refractivity contribution in [3.05, 3.63) is 30.6 Å². The summed E-state index contributed by atoms with van der Waals surface area (Å²) in [5.41, 5.74) is 3.15. The van der Waals surface area contributed by atoms with Gasteiger partial charge < -0.3 is 5.32 Å². The lowest BCUT2D eigenvalue weighted by atomic mass is 10.1. The van der Waals surface area contributed by atoms with E-state index in [4.69, 9.17) is 0 Å². The minimum Gasteiger partial charge on any atom is -0.382 e. The number of nitrogens with zero attached hydrogens (tertiary/aromatic N) is 2. The van der Waals surface area contributed by atoms with E-state index in [9.17, 15) is 0 Å². The SMILES string of the molecule is c1cnc2cc(NC(C3CC3)C3CC3)ccc2n1. The van der Waals surface area contributed by atoms with Crippen molar-refractivity contribution in [2.75, 3.05) is 5.32 Å². The van der Waals surface area contributed by atoms with Crippen LogP contribution in [0.1, 0.15) is 25.7 Å². The van der Waals surface area contributed by atoms with Gasteiger partial charge in [-0.05, 0) is 55.7 Å². The maximum absolute atomic E-state index is 4.37. The fraction of sp³-hybridized carbons (Fsp3) is 0.467. The van der Waals surface area contributed by atoms with Crippen molar-refractivity contribution >= 4 is 16.7 Å². The molecule has 92 valence electrons. The summed E-state index contributed by atoms with van der Waals surface area (Å²) in [5, 5.41) is 3.73. The molecule has 0 atom stereocenters. The normalized spacial score (nSPS) is 19.4. The molecule has 1 heterocycles. The number of aromatic nitrogens is 2. The molecule has 1 N–H and O–H groups in total. The first-order valence-electron chi connectivity index (χ1n) is 6.87.